The number of primary amides is 1. The molecule has 0 saturated heterocycles. The molecule has 0 heterocycles. The highest BCUT2D eigenvalue weighted by Gasteiger charge is 2.06. The van der Waals surface area contributed by atoms with Gasteiger partial charge >= 0.3 is 0 Å². The van der Waals surface area contributed by atoms with Crippen molar-refractivity contribution in [3.05, 3.63) is 0 Å². The highest BCUT2D eigenvalue weighted by Crippen LogP contribution is 2.01. The molecular weight excluding hydrogens is 228 g/mol. The summed E-state index contributed by atoms with van der Waals surface area (Å²) in [4.78, 5) is 21.6. The maximum Gasteiger partial charge on any atom is 0.227 e. The largest absolute Gasteiger partial charge is 0.391 e. The van der Waals surface area contributed by atoms with Gasteiger partial charge in [0.15, 0.2) is 0 Å². The molecule has 1 unspecified atom stereocenters. The molecule has 1 atom stereocenters. The van der Waals surface area contributed by atoms with Crippen molar-refractivity contribution in [2.45, 2.75) is 32.3 Å². The number of carbonyl (C=O) groups excluding carboxylic acids is 2. The second kappa shape index (κ2) is 9.47. The molecule has 0 fully saturated rings. The maximum absolute atomic E-state index is 11.2. The molecule has 0 aliphatic heterocycles. The Hall–Kier alpha value is -0.750. The van der Waals surface area contributed by atoms with Gasteiger partial charge < -0.3 is 16.2 Å². The van der Waals surface area contributed by atoms with Gasteiger partial charge in [-0.1, -0.05) is 13.3 Å². The summed E-state index contributed by atoms with van der Waals surface area (Å²) in [7, 11) is 0. The van der Waals surface area contributed by atoms with Crippen LogP contribution >= 0.6 is 11.8 Å². The van der Waals surface area contributed by atoms with Crippen molar-refractivity contribution in [2.75, 3.05) is 18.1 Å². The highest BCUT2D eigenvalue weighted by molar-refractivity contribution is 7.99. The average Bonchev–Trinajstić information content (AvgIpc) is 2.22. The number of nitrogens with two attached hydrogens (primary N) is 1. The molecule has 2 amide bonds. The van der Waals surface area contributed by atoms with Crippen LogP contribution in [0.3, 0.4) is 0 Å². The number of hydrogen-bond donors (Lipinski definition) is 3. The second-order valence-corrected chi connectivity index (χ2v) is 4.62. The van der Waals surface area contributed by atoms with Crippen LogP contribution < -0.4 is 11.1 Å². The molecule has 94 valence electrons. The third-order valence-electron chi connectivity index (χ3n) is 1.87. The fraction of sp³-hybridized carbons (Fsp3) is 0.800. The number of hydrogen-bond acceptors (Lipinski definition) is 4. The Morgan fingerprint density at radius 3 is 2.75 bits per heavy atom. The van der Waals surface area contributed by atoms with Crippen LogP contribution in [0.5, 0.6) is 0 Å². The van der Waals surface area contributed by atoms with Gasteiger partial charge in [-0.25, -0.2) is 0 Å². The summed E-state index contributed by atoms with van der Waals surface area (Å²) in [5, 5.41) is 12.0. The molecule has 0 aliphatic carbocycles. The summed E-state index contributed by atoms with van der Waals surface area (Å²) in [6, 6.07) is 0. The van der Waals surface area contributed by atoms with Crippen LogP contribution in [0.2, 0.25) is 0 Å². The highest BCUT2D eigenvalue weighted by atomic mass is 32.2. The maximum atomic E-state index is 11.2. The van der Waals surface area contributed by atoms with Crippen molar-refractivity contribution in [3.63, 3.8) is 0 Å². The van der Waals surface area contributed by atoms with E-state index in [1.807, 2.05) is 6.92 Å². The molecule has 0 rings (SSSR count). The van der Waals surface area contributed by atoms with Crippen LogP contribution in [0.4, 0.5) is 0 Å². The van der Waals surface area contributed by atoms with Gasteiger partial charge in [0.25, 0.3) is 0 Å². The van der Waals surface area contributed by atoms with Crippen molar-refractivity contribution in [1.82, 2.24) is 5.32 Å². The van der Waals surface area contributed by atoms with Crippen molar-refractivity contribution < 1.29 is 14.7 Å². The predicted molar refractivity (Wildman–Crippen MR) is 65.1 cm³/mol. The summed E-state index contributed by atoms with van der Waals surface area (Å²) >= 11 is 1.34. The van der Waals surface area contributed by atoms with Crippen molar-refractivity contribution in [1.29, 1.82) is 0 Å². The molecule has 0 radical (unpaired) electrons. The smallest absolute Gasteiger partial charge is 0.227 e. The summed E-state index contributed by atoms with van der Waals surface area (Å²) in [6.45, 7) is 2.28. The van der Waals surface area contributed by atoms with Crippen LogP contribution in [0.1, 0.15) is 26.2 Å². The number of nitrogens with one attached hydrogen (secondary N) is 1. The van der Waals surface area contributed by atoms with E-state index in [4.69, 9.17) is 5.73 Å². The monoisotopic (exact) mass is 248 g/mol. The summed E-state index contributed by atoms with van der Waals surface area (Å²) < 4.78 is 0. The lowest BCUT2D eigenvalue weighted by atomic mass is 10.2. The van der Waals surface area contributed by atoms with Gasteiger partial charge in [-0.15, -0.1) is 0 Å². The number of carbonyl (C=O) groups is 2. The number of aliphatic hydroxyl groups is 1. The van der Waals surface area contributed by atoms with Crippen LogP contribution in [-0.4, -0.2) is 41.1 Å². The van der Waals surface area contributed by atoms with E-state index < -0.39 is 6.10 Å². The normalized spacial score (nSPS) is 12.1. The molecule has 6 heteroatoms. The number of thioether (sulfide) groups is 1. The zero-order chi connectivity index (χ0) is 12.4. The van der Waals surface area contributed by atoms with E-state index in [2.05, 4.69) is 5.32 Å². The lowest BCUT2D eigenvalue weighted by Crippen LogP contribution is -2.32. The minimum Gasteiger partial charge on any atom is -0.391 e. The molecule has 4 N–H and O–H groups in total. The third kappa shape index (κ3) is 9.79. The molecule has 0 aromatic carbocycles. The quantitative estimate of drug-likeness (QED) is 0.496. The summed E-state index contributed by atoms with van der Waals surface area (Å²) in [6.07, 6.45) is 1.46. The first kappa shape index (κ1) is 15.2. The SMILES string of the molecule is CCCC(O)CNC(=O)CCSCC(N)=O. The molecule has 0 aromatic rings. The minimum atomic E-state index is -0.466. The molecule has 0 aromatic heterocycles. The van der Waals surface area contributed by atoms with Crippen LogP contribution in [-0.2, 0) is 9.59 Å². The summed E-state index contributed by atoms with van der Waals surface area (Å²) in [5.74, 6) is 0.334. The predicted octanol–water partition coefficient (Wildman–Crippen LogP) is -0.128. The topological polar surface area (TPSA) is 92.4 Å². The van der Waals surface area contributed by atoms with Crippen molar-refractivity contribution in [3.8, 4) is 0 Å². The van der Waals surface area contributed by atoms with E-state index in [0.717, 1.165) is 6.42 Å². The molecule has 16 heavy (non-hydrogen) atoms. The molecular formula is C10H20N2O3S. The lowest BCUT2D eigenvalue weighted by molar-refractivity contribution is -0.121. The molecule has 0 saturated carbocycles. The Morgan fingerprint density at radius 1 is 1.50 bits per heavy atom. The third-order valence-corrected chi connectivity index (χ3v) is 2.86. The number of amides is 2. The number of rotatable bonds is 9. The van der Waals surface area contributed by atoms with Gasteiger partial charge in [0.1, 0.15) is 0 Å². The van der Waals surface area contributed by atoms with Gasteiger partial charge in [0.05, 0.1) is 11.9 Å². The van der Waals surface area contributed by atoms with E-state index in [-0.39, 0.29) is 17.6 Å². The molecule has 0 spiro atoms. The number of aliphatic hydroxyl groups excluding tert-OH is 1. The minimum absolute atomic E-state index is 0.105. The molecule has 0 bridgehead atoms. The van der Waals surface area contributed by atoms with Gasteiger partial charge in [0.2, 0.25) is 11.8 Å². The molecule has 0 aliphatic rings. The first-order valence-electron chi connectivity index (χ1n) is 5.37. The van der Waals surface area contributed by atoms with E-state index in [1.165, 1.54) is 11.8 Å². The Balaban J connectivity index is 3.41. The van der Waals surface area contributed by atoms with E-state index in [9.17, 15) is 14.7 Å². The Labute approximate surface area is 100 Å². The van der Waals surface area contributed by atoms with Crippen LogP contribution in [0, 0.1) is 0 Å². The van der Waals surface area contributed by atoms with Gasteiger partial charge in [-0.3, -0.25) is 9.59 Å². The first-order valence-corrected chi connectivity index (χ1v) is 6.52. The Morgan fingerprint density at radius 2 is 2.19 bits per heavy atom. The second-order valence-electron chi connectivity index (χ2n) is 3.52. The Bertz CT molecular complexity index is 224. The van der Waals surface area contributed by atoms with Gasteiger partial charge in [-0.2, -0.15) is 11.8 Å². The van der Waals surface area contributed by atoms with Crippen molar-refractivity contribution in [2.24, 2.45) is 5.73 Å². The van der Waals surface area contributed by atoms with Gasteiger partial charge in [-0.05, 0) is 6.42 Å². The van der Waals surface area contributed by atoms with Crippen LogP contribution in [0.15, 0.2) is 0 Å². The van der Waals surface area contributed by atoms with Gasteiger partial charge in [0, 0.05) is 18.7 Å². The zero-order valence-electron chi connectivity index (χ0n) is 9.57. The fourth-order valence-electron chi connectivity index (χ4n) is 1.09. The Kier molecular flexibility index (Phi) is 9.03. The first-order chi connectivity index (χ1) is 7.56. The van der Waals surface area contributed by atoms with E-state index in [0.29, 0.717) is 25.1 Å². The van der Waals surface area contributed by atoms with Crippen LogP contribution in [0.25, 0.3) is 0 Å². The van der Waals surface area contributed by atoms with E-state index >= 15 is 0 Å². The average molecular weight is 248 g/mol. The fourth-order valence-corrected chi connectivity index (χ4v) is 1.77. The lowest BCUT2D eigenvalue weighted by Gasteiger charge is -2.10. The molecule has 5 nitrogen and oxygen atoms in total. The standard InChI is InChI=1S/C10H20N2O3S/c1-2-3-8(13)6-12-10(15)4-5-16-7-9(11)14/h8,13H,2-7H2,1H3,(H2,11,14)(H,12,15). The summed E-state index contributed by atoms with van der Waals surface area (Å²) in [5.41, 5.74) is 4.95. The van der Waals surface area contributed by atoms with Crippen molar-refractivity contribution >= 4 is 23.6 Å². The zero-order valence-corrected chi connectivity index (χ0v) is 10.4. The van der Waals surface area contributed by atoms with E-state index in [1.54, 1.807) is 0 Å².